The first-order chi connectivity index (χ1) is 10.1. The molecule has 1 saturated carbocycles. The van der Waals surface area contributed by atoms with Crippen LogP contribution in [0.15, 0.2) is 12.3 Å². The second-order valence-corrected chi connectivity index (χ2v) is 7.70. The van der Waals surface area contributed by atoms with Gasteiger partial charge in [0.1, 0.15) is 0 Å². The summed E-state index contributed by atoms with van der Waals surface area (Å²) in [4.78, 5) is 2.47. The fraction of sp³-hybridized carbons (Fsp3) is 0.812. The average molecular weight is 356 g/mol. The minimum Gasteiger partial charge on any atom is -0.369 e. The van der Waals surface area contributed by atoms with Crippen LogP contribution in [0.1, 0.15) is 51.3 Å². The van der Waals surface area contributed by atoms with Crippen molar-refractivity contribution in [1.29, 1.82) is 0 Å². The average Bonchev–Trinajstić information content (AvgIpc) is 3.06. The second kappa shape index (κ2) is 6.39. The molecule has 1 aromatic rings. The van der Waals surface area contributed by atoms with Crippen LogP contribution < -0.4 is 0 Å². The number of hydrogen-bond donors (Lipinski definition) is 0. The maximum atomic E-state index is 6.06. The van der Waals surface area contributed by atoms with Crippen molar-refractivity contribution >= 4 is 15.9 Å². The van der Waals surface area contributed by atoms with Gasteiger partial charge in [-0.3, -0.25) is 9.58 Å². The van der Waals surface area contributed by atoms with Crippen molar-refractivity contribution in [2.75, 3.05) is 18.4 Å². The van der Waals surface area contributed by atoms with Gasteiger partial charge < -0.3 is 4.74 Å². The van der Waals surface area contributed by atoms with Gasteiger partial charge in [0.2, 0.25) is 0 Å². The molecule has 0 N–H and O–H groups in total. The molecule has 2 aliphatic rings. The third kappa shape index (κ3) is 3.88. The summed E-state index contributed by atoms with van der Waals surface area (Å²) >= 11 is 3.55. The number of morpholine rings is 1. The highest BCUT2D eigenvalue weighted by Crippen LogP contribution is 2.29. The Morgan fingerprint density at radius 2 is 2.14 bits per heavy atom. The quantitative estimate of drug-likeness (QED) is 0.775. The lowest BCUT2D eigenvalue weighted by Crippen LogP contribution is -2.52. The van der Waals surface area contributed by atoms with Crippen LogP contribution in [0, 0.1) is 0 Å². The maximum absolute atomic E-state index is 6.06. The van der Waals surface area contributed by atoms with E-state index < -0.39 is 0 Å². The molecule has 2 heterocycles. The Balaban J connectivity index is 1.62. The fourth-order valence-electron chi connectivity index (χ4n) is 3.68. The first-order valence-electron chi connectivity index (χ1n) is 8.06. The van der Waals surface area contributed by atoms with Gasteiger partial charge in [0, 0.05) is 31.2 Å². The van der Waals surface area contributed by atoms with Gasteiger partial charge in [-0.1, -0.05) is 28.8 Å². The van der Waals surface area contributed by atoms with E-state index in [1.807, 2.05) is 0 Å². The molecular weight excluding hydrogens is 330 g/mol. The molecule has 1 unspecified atom stereocenters. The van der Waals surface area contributed by atoms with Crippen molar-refractivity contribution in [3.05, 3.63) is 18.0 Å². The zero-order chi connectivity index (χ0) is 14.9. The summed E-state index contributed by atoms with van der Waals surface area (Å²) in [7, 11) is 0. The van der Waals surface area contributed by atoms with Crippen molar-refractivity contribution in [2.24, 2.45) is 0 Å². The van der Waals surface area contributed by atoms with Crippen LogP contribution in [0.5, 0.6) is 0 Å². The number of alkyl halides is 1. The molecule has 1 atom stereocenters. The number of aromatic nitrogens is 2. The highest BCUT2D eigenvalue weighted by atomic mass is 79.9. The van der Waals surface area contributed by atoms with Gasteiger partial charge in [0.25, 0.3) is 0 Å². The predicted octanol–water partition coefficient (Wildman–Crippen LogP) is 3.37. The molecule has 1 aromatic heterocycles. The van der Waals surface area contributed by atoms with E-state index in [1.165, 1.54) is 31.4 Å². The summed E-state index contributed by atoms with van der Waals surface area (Å²) < 4.78 is 8.25. The highest BCUT2D eigenvalue weighted by molar-refractivity contribution is 9.09. The van der Waals surface area contributed by atoms with E-state index in [4.69, 9.17) is 9.84 Å². The number of halogens is 1. The first-order valence-corrected chi connectivity index (χ1v) is 9.18. The third-order valence-electron chi connectivity index (χ3n) is 4.47. The summed E-state index contributed by atoms with van der Waals surface area (Å²) in [6.45, 7) is 7.21. The van der Waals surface area contributed by atoms with Crippen LogP contribution in [0.25, 0.3) is 0 Å². The van der Waals surface area contributed by atoms with Crippen LogP contribution in [-0.4, -0.2) is 44.8 Å². The molecule has 0 radical (unpaired) electrons. The van der Waals surface area contributed by atoms with Gasteiger partial charge in [-0.05, 0) is 32.8 Å². The molecule has 21 heavy (non-hydrogen) atoms. The van der Waals surface area contributed by atoms with Gasteiger partial charge in [0.15, 0.2) is 0 Å². The molecule has 0 amide bonds. The monoisotopic (exact) mass is 355 g/mol. The van der Waals surface area contributed by atoms with Crippen LogP contribution in [0.4, 0.5) is 0 Å². The second-order valence-electron chi connectivity index (χ2n) is 7.05. The SMILES string of the molecule is CC1(C)CN(Cc2ccn(C3CCCC3)n2)CC(CBr)O1. The molecule has 1 aliphatic carbocycles. The molecule has 118 valence electrons. The minimum atomic E-state index is -0.0787. The summed E-state index contributed by atoms with van der Waals surface area (Å²) in [5, 5.41) is 5.70. The number of rotatable bonds is 4. The van der Waals surface area contributed by atoms with E-state index in [-0.39, 0.29) is 11.7 Å². The Morgan fingerprint density at radius 3 is 2.86 bits per heavy atom. The van der Waals surface area contributed by atoms with E-state index in [2.05, 4.69) is 51.6 Å². The Morgan fingerprint density at radius 1 is 1.38 bits per heavy atom. The number of nitrogens with zero attached hydrogens (tertiary/aromatic N) is 3. The molecule has 1 aliphatic heterocycles. The van der Waals surface area contributed by atoms with Crippen molar-refractivity contribution in [3.8, 4) is 0 Å². The van der Waals surface area contributed by atoms with Crippen molar-refractivity contribution < 1.29 is 4.74 Å². The van der Waals surface area contributed by atoms with E-state index in [1.54, 1.807) is 0 Å². The summed E-state index contributed by atoms with van der Waals surface area (Å²) in [5.41, 5.74) is 1.11. The van der Waals surface area contributed by atoms with Gasteiger partial charge in [-0.25, -0.2) is 0 Å². The molecular formula is C16H26BrN3O. The Kier molecular flexibility index (Phi) is 4.71. The number of ether oxygens (including phenoxy) is 1. The lowest BCUT2D eigenvalue weighted by molar-refractivity contribution is -0.128. The van der Waals surface area contributed by atoms with Crippen LogP contribution in [-0.2, 0) is 11.3 Å². The molecule has 0 spiro atoms. The van der Waals surface area contributed by atoms with Gasteiger partial charge in [-0.2, -0.15) is 5.10 Å². The minimum absolute atomic E-state index is 0.0787. The molecule has 4 nitrogen and oxygen atoms in total. The summed E-state index contributed by atoms with van der Waals surface area (Å²) in [6.07, 6.45) is 7.72. The predicted molar refractivity (Wildman–Crippen MR) is 87.8 cm³/mol. The Labute approximate surface area is 136 Å². The standard InChI is InChI=1S/C16H26BrN3O/c1-16(2)12-19(11-15(9-17)21-16)10-13-7-8-20(18-13)14-5-3-4-6-14/h7-8,14-15H,3-6,9-12H2,1-2H3. The highest BCUT2D eigenvalue weighted by Gasteiger charge is 2.33. The molecule has 1 saturated heterocycles. The van der Waals surface area contributed by atoms with Crippen LogP contribution >= 0.6 is 15.9 Å². The molecule has 0 bridgehead atoms. The Hall–Kier alpha value is -0.390. The van der Waals surface area contributed by atoms with Crippen LogP contribution in [0.2, 0.25) is 0 Å². The maximum Gasteiger partial charge on any atom is 0.0806 e. The summed E-state index contributed by atoms with van der Waals surface area (Å²) in [6, 6.07) is 2.82. The topological polar surface area (TPSA) is 30.3 Å². The zero-order valence-corrected chi connectivity index (χ0v) is 14.7. The van der Waals surface area contributed by atoms with Crippen molar-refractivity contribution in [3.63, 3.8) is 0 Å². The normalized spacial score (nSPS) is 27.3. The lowest BCUT2D eigenvalue weighted by atomic mass is 10.1. The van der Waals surface area contributed by atoms with E-state index in [0.29, 0.717) is 6.04 Å². The van der Waals surface area contributed by atoms with Gasteiger partial charge >= 0.3 is 0 Å². The van der Waals surface area contributed by atoms with Crippen molar-refractivity contribution in [1.82, 2.24) is 14.7 Å². The van der Waals surface area contributed by atoms with Crippen molar-refractivity contribution in [2.45, 2.75) is 63.8 Å². The molecule has 5 heteroatoms. The number of hydrogen-bond acceptors (Lipinski definition) is 3. The largest absolute Gasteiger partial charge is 0.369 e. The lowest BCUT2D eigenvalue weighted by Gasteiger charge is -2.42. The fourth-order valence-corrected chi connectivity index (χ4v) is 4.02. The van der Waals surface area contributed by atoms with E-state index in [0.717, 1.165) is 25.0 Å². The third-order valence-corrected chi connectivity index (χ3v) is 5.19. The first kappa shape index (κ1) is 15.5. The van der Waals surface area contributed by atoms with Gasteiger partial charge in [0.05, 0.1) is 23.4 Å². The molecule has 3 rings (SSSR count). The zero-order valence-electron chi connectivity index (χ0n) is 13.1. The van der Waals surface area contributed by atoms with Gasteiger partial charge in [-0.15, -0.1) is 0 Å². The van der Waals surface area contributed by atoms with E-state index >= 15 is 0 Å². The Bertz CT molecular complexity index is 468. The van der Waals surface area contributed by atoms with Crippen LogP contribution in [0.3, 0.4) is 0 Å². The smallest absolute Gasteiger partial charge is 0.0806 e. The molecule has 0 aromatic carbocycles. The molecule has 2 fully saturated rings. The summed E-state index contributed by atoms with van der Waals surface area (Å²) in [5.74, 6) is 0. The van der Waals surface area contributed by atoms with E-state index in [9.17, 15) is 0 Å².